The van der Waals surface area contributed by atoms with E-state index in [9.17, 15) is 0 Å². The van der Waals surface area contributed by atoms with Crippen LogP contribution in [0, 0.1) is 6.92 Å². The molecule has 19 heavy (non-hydrogen) atoms. The lowest BCUT2D eigenvalue weighted by atomic mass is 10.2. The molecule has 2 rings (SSSR count). The van der Waals surface area contributed by atoms with Gasteiger partial charge in [-0.05, 0) is 47.1 Å². The second kappa shape index (κ2) is 6.93. The van der Waals surface area contributed by atoms with E-state index >= 15 is 0 Å². The Bertz CT molecular complexity index is 442. The summed E-state index contributed by atoms with van der Waals surface area (Å²) in [4.78, 5) is 2.41. The van der Waals surface area contributed by atoms with Gasteiger partial charge in [-0.25, -0.2) is 0 Å². The highest BCUT2D eigenvalue weighted by atomic mass is 79.9. The maximum Gasteiger partial charge on any atom is 0.0874 e. The van der Waals surface area contributed by atoms with E-state index in [1.165, 1.54) is 0 Å². The summed E-state index contributed by atoms with van der Waals surface area (Å²) in [5.74, 6) is 0. The quantitative estimate of drug-likeness (QED) is 0.901. The van der Waals surface area contributed by atoms with Gasteiger partial charge in [0, 0.05) is 29.1 Å². The van der Waals surface area contributed by atoms with Crippen molar-refractivity contribution in [1.29, 1.82) is 0 Å². The van der Waals surface area contributed by atoms with Gasteiger partial charge in [-0.2, -0.15) is 0 Å². The van der Waals surface area contributed by atoms with Crippen LogP contribution in [0.15, 0.2) is 16.6 Å². The van der Waals surface area contributed by atoms with Crippen molar-refractivity contribution >= 4 is 33.2 Å². The predicted molar refractivity (Wildman–Crippen MR) is 84.2 cm³/mol. The largest absolute Gasteiger partial charge is 0.381 e. The molecule has 1 N–H and O–H groups in total. The number of morpholine rings is 1. The summed E-state index contributed by atoms with van der Waals surface area (Å²) in [6.07, 6.45) is 0.237. The number of ether oxygens (including phenoxy) is 1. The van der Waals surface area contributed by atoms with Crippen LogP contribution in [0.2, 0.25) is 5.02 Å². The second-order valence-electron chi connectivity index (χ2n) is 4.85. The minimum absolute atomic E-state index is 0.237. The van der Waals surface area contributed by atoms with E-state index in [0.717, 1.165) is 53.5 Å². The molecule has 0 aromatic heterocycles. The number of anilines is 1. The number of hydrogen-bond donors (Lipinski definition) is 1. The first-order valence-corrected chi connectivity index (χ1v) is 7.80. The Morgan fingerprint density at radius 3 is 3.05 bits per heavy atom. The van der Waals surface area contributed by atoms with Gasteiger partial charge >= 0.3 is 0 Å². The lowest BCUT2D eigenvalue weighted by Gasteiger charge is -2.32. The monoisotopic (exact) mass is 346 g/mol. The van der Waals surface area contributed by atoms with E-state index < -0.39 is 0 Å². The van der Waals surface area contributed by atoms with E-state index in [1.54, 1.807) is 0 Å². The Balaban J connectivity index is 1.93. The number of benzene rings is 1. The number of nitrogens with one attached hydrogen (secondary N) is 1. The maximum atomic E-state index is 6.15. The molecule has 0 amide bonds. The Hall–Kier alpha value is -0.290. The Morgan fingerprint density at radius 1 is 1.53 bits per heavy atom. The fraction of sp³-hybridized carbons (Fsp3) is 0.571. The molecule has 0 radical (unpaired) electrons. The molecule has 1 atom stereocenters. The SMILES string of the molecule is CCN1CCOC(CNc2cc(Cl)c(C)cc2Br)C1. The average molecular weight is 348 g/mol. The first-order chi connectivity index (χ1) is 9.10. The topological polar surface area (TPSA) is 24.5 Å². The number of halogens is 2. The summed E-state index contributed by atoms with van der Waals surface area (Å²) in [5.41, 5.74) is 2.10. The third-order valence-electron chi connectivity index (χ3n) is 3.44. The first-order valence-electron chi connectivity index (χ1n) is 6.63. The van der Waals surface area contributed by atoms with Gasteiger partial charge in [-0.15, -0.1) is 0 Å². The molecule has 1 heterocycles. The van der Waals surface area contributed by atoms with Crippen molar-refractivity contribution in [2.75, 3.05) is 38.1 Å². The van der Waals surface area contributed by atoms with Crippen molar-refractivity contribution in [2.45, 2.75) is 20.0 Å². The zero-order valence-corrected chi connectivity index (χ0v) is 13.7. The van der Waals surface area contributed by atoms with Gasteiger partial charge in [-0.3, -0.25) is 4.90 Å². The van der Waals surface area contributed by atoms with Gasteiger partial charge < -0.3 is 10.1 Å². The fourth-order valence-electron chi connectivity index (χ4n) is 2.20. The fourth-order valence-corrected chi connectivity index (χ4v) is 2.96. The molecule has 1 aliphatic rings. The van der Waals surface area contributed by atoms with Crippen LogP contribution in [-0.2, 0) is 4.74 Å². The van der Waals surface area contributed by atoms with Gasteiger partial charge in [0.2, 0.25) is 0 Å². The Kier molecular flexibility index (Phi) is 5.51. The molecule has 3 nitrogen and oxygen atoms in total. The van der Waals surface area contributed by atoms with Gasteiger partial charge in [0.05, 0.1) is 18.4 Å². The van der Waals surface area contributed by atoms with Crippen molar-refractivity contribution in [2.24, 2.45) is 0 Å². The van der Waals surface area contributed by atoms with E-state index in [-0.39, 0.29) is 6.10 Å². The number of likely N-dealkylation sites (N-methyl/N-ethyl adjacent to an activating group) is 1. The molecular weight excluding hydrogens is 328 g/mol. The average Bonchev–Trinajstić information content (AvgIpc) is 2.41. The Labute approximate surface area is 128 Å². The molecule has 1 unspecified atom stereocenters. The minimum atomic E-state index is 0.237. The molecule has 0 saturated carbocycles. The van der Waals surface area contributed by atoms with E-state index in [2.05, 4.69) is 33.1 Å². The van der Waals surface area contributed by atoms with Crippen LogP contribution < -0.4 is 5.32 Å². The number of aryl methyl sites for hydroxylation is 1. The van der Waals surface area contributed by atoms with E-state index in [0.29, 0.717) is 0 Å². The highest BCUT2D eigenvalue weighted by Crippen LogP contribution is 2.29. The maximum absolute atomic E-state index is 6.15. The van der Waals surface area contributed by atoms with Crippen LogP contribution in [0.25, 0.3) is 0 Å². The molecule has 1 fully saturated rings. The molecule has 1 aromatic rings. The molecule has 5 heteroatoms. The number of rotatable bonds is 4. The molecule has 1 aliphatic heterocycles. The highest BCUT2D eigenvalue weighted by Gasteiger charge is 2.19. The number of nitrogens with zero attached hydrogens (tertiary/aromatic N) is 1. The molecule has 1 saturated heterocycles. The van der Waals surface area contributed by atoms with Crippen molar-refractivity contribution < 1.29 is 4.74 Å². The van der Waals surface area contributed by atoms with Crippen LogP contribution in [0.4, 0.5) is 5.69 Å². The van der Waals surface area contributed by atoms with Crippen molar-refractivity contribution in [3.8, 4) is 0 Å². The van der Waals surface area contributed by atoms with Crippen LogP contribution in [-0.4, -0.2) is 43.8 Å². The van der Waals surface area contributed by atoms with Crippen LogP contribution in [0.3, 0.4) is 0 Å². The summed E-state index contributed by atoms with van der Waals surface area (Å²) in [7, 11) is 0. The summed E-state index contributed by atoms with van der Waals surface area (Å²) in [5, 5.41) is 4.20. The molecule has 0 bridgehead atoms. The summed E-state index contributed by atoms with van der Waals surface area (Å²) >= 11 is 9.71. The van der Waals surface area contributed by atoms with Gasteiger partial charge in [0.15, 0.2) is 0 Å². The van der Waals surface area contributed by atoms with Crippen LogP contribution in [0.5, 0.6) is 0 Å². The van der Waals surface area contributed by atoms with Crippen LogP contribution in [0.1, 0.15) is 12.5 Å². The zero-order valence-electron chi connectivity index (χ0n) is 11.4. The summed E-state index contributed by atoms with van der Waals surface area (Å²) in [6.45, 7) is 8.91. The van der Waals surface area contributed by atoms with Gasteiger partial charge in [0.1, 0.15) is 0 Å². The smallest absolute Gasteiger partial charge is 0.0874 e. The van der Waals surface area contributed by atoms with Crippen LogP contribution >= 0.6 is 27.5 Å². The molecule has 0 aliphatic carbocycles. The summed E-state index contributed by atoms with van der Waals surface area (Å²) in [6, 6.07) is 3.99. The summed E-state index contributed by atoms with van der Waals surface area (Å²) < 4.78 is 6.81. The first kappa shape index (κ1) is 15.1. The normalized spacial score (nSPS) is 20.5. The number of hydrogen-bond acceptors (Lipinski definition) is 3. The molecule has 106 valence electrons. The zero-order chi connectivity index (χ0) is 13.8. The van der Waals surface area contributed by atoms with Crippen molar-refractivity contribution in [3.63, 3.8) is 0 Å². The van der Waals surface area contributed by atoms with Crippen molar-refractivity contribution in [3.05, 3.63) is 27.2 Å². The van der Waals surface area contributed by atoms with Gasteiger partial charge in [-0.1, -0.05) is 18.5 Å². The minimum Gasteiger partial charge on any atom is -0.381 e. The Morgan fingerprint density at radius 2 is 2.32 bits per heavy atom. The highest BCUT2D eigenvalue weighted by molar-refractivity contribution is 9.10. The third-order valence-corrected chi connectivity index (χ3v) is 4.50. The van der Waals surface area contributed by atoms with Gasteiger partial charge in [0.25, 0.3) is 0 Å². The van der Waals surface area contributed by atoms with E-state index in [4.69, 9.17) is 16.3 Å². The lowest BCUT2D eigenvalue weighted by molar-refractivity contribution is -0.0191. The molecule has 1 aromatic carbocycles. The molecular formula is C14H20BrClN2O. The third kappa shape index (κ3) is 4.09. The molecule has 0 spiro atoms. The predicted octanol–water partition coefficient (Wildman–Crippen LogP) is 3.54. The van der Waals surface area contributed by atoms with Crippen molar-refractivity contribution in [1.82, 2.24) is 4.90 Å². The lowest BCUT2D eigenvalue weighted by Crippen LogP contribution is -2.45. The standard InChI is InChI=1S/C14H20BrClN2O/c1-3-18-4-5-19-11(9-18)8-17-14-7-13(16)10(2)6-12(14)15/h6-7,11,17H,3-5,8-9H2,1-2H3. The van der Waals surface area contributed by atoms with E-state index in [1.807, 2.05) is 19.1 Å². The second-order valence-corrected chi connectivity index (χ2v) is 6.11.